The van der Waals surface area contributed by atoms with Crippen LogP contribution in [0.1, 0.15) is 19.3 Å². The highest BCUT2D eigenvalue weighted by Crippen LogP contribution is 2.22. The molecule has 0 radical (unpaired) electrons. The van der Waals surface area contributed by atoms with Gasteiger partial charge in [0.05, 0.1) is 0 Å². The third kappa shape index (κ3) is 3.07. The van der Waals surface area contributed by atoms with Crippen molar-refractivity contribution in [3.8, 4) is 0 Å². The lowest BCUT2D eigenvalue weighted by Gasteiger charge is -2.31. The molecule has 0 heterocycles. The highest BCUT2D eigenvalue weighted by atomic mass is 19.1. The Morgan fingerprint density at radius 3 is 2.58 bits per heavy atom. The van der Waals surface area contributed by atoms with Crippen molar-refractivity contribution in [1.82, 2.24) is 10.2 Å². The maximum absolute atomic E-state index is 12.7. The fourth-order valence-corrected chi connectivity index (χ4v) is 1.37. The zero-order chi connectivity index (χ0) is 8.97. The van der Waals surface area contributed by atoms with Crippen LogP contribution in [0, 0.1) is 0 Å². The van der Waals surface area contributed by atoms with Gasteiger partial charge in [-0.25, -0.2) is 4.39 Å². The van der Waals surface area contributed by atoms with Gasteiger partial charge in [-0.05, 0) is 46.4 Å². The molecule has 2 nitrogen and oxygen atoms in total. The molecule has 0 amide bonds. The molecule has 1 aliphatic carbocycles. The molecule has 0 aromatic carbocycles. The zero-order valence-corrected chi connectivity index (χ0v) is 8.02. The Bertz CT molecular complexity index is 128. The molecule has 2 atom stereocenters. The van der Waals surface area contributed by atoms with E-state index < -0.39 is 6.17 Å². The standard InChI is InChI=1S/C9H19FN2/c1-12(2)7-3-6-11-9-5-4-8(9)10/h8-9,11H,3-7H2,1-2H3. The summed E-state index contributed by atoms with van der Waals surface area (Å²) in [7, 11) is 4.11. The van der Waals surface area contributed by atoms with Crippen molar-refractivity contribution in [1.29, 1.82) is 0 Å². The first-order valence-electron chi connectivity index (χ1n) is 4.72. The van der Waals surface area contributed by atoms with E-state index in [2.05, 4.69) is 24.3 Å². The lowest BCUT2D eigenvalue weighted by atomic mass is 9.90. The molecule has 1 fully saturated rings. The fraction of sp³-hybridized carbons (Fsp3) is 1.00. The summed E-state index contributed by atoms with van der Waals surface area (Å²) in [5, 5.41) is 3.22. The average Bonchev–Trinajstić information content (AvgIpc) is 2.01. The van der Waals surface area contributed by atoms with Crippen molar-refractivity contribution in [2.75, 3.05) is 27.2 Å². The summed E-state index contributed by atoms with van der Waals surface area (Å²) in [5.41, 5.74) is 0. The van der Waals surface area contributed by atoms with E-state index in [0.717, 1.165) is 32.4 Å². The molecule has 0 aliphatic heterocycles. The zero-order valence-electron chi connectivity index (χ0n) is 8.02. The topological polar surface area (TPSA) is 15.3 Å². The van der Waals surface area contributed by atoms with E-state index in [-0.39, 0.29) is 6.04 Å². The maximum atomic E-state index is 12.7. The molecule has 1 aliphatic rings. The van der Waals surface area contributed by atoms with Gasteiger partial charge in [0.15, 0.2) is 0 Å². The van der Waals surface area contributed by atoms with Crippen molar-refractivity contribution < 1.29 is 4.39 Å². The van der Waals surface area contributed by atoms with Crippen molar-refractivity contribution in [2.45, 2.75) is 31.5 Å². The lowest BCUT2D eigenvalue weighted by Crippen LogP contribution is -2.46. The Morgan fingerprint density at radius 2 is 2.17 bits per heavy atom. The Morgan fingerprint density at radius 1 is 1.42 bits per heavy atom. The van der Waals surface area contributed by atoms with Crippen molar-refractivity contribution in [3.63, 3.8) is 0 Å². The number of hydrogen-bond donors (Lipinski definition) is 1. The van der Waals surface area contributed by atoms with Gasteiger partial charge in [-0.3, -0.25) is 0 Å². The predicted molar refractivity (Wildman–Crippen MR) is 49.1 cm³/mol. The summed E-state index contributed by atoms with van der Waals surface area (Å²) in [6.07, 6.45) is 2.30. The number of hydrogen-bond acceptors (Lipinski definition) is 2. The van der Waals surface area contributed by atoms with Crippen LogP contribution >= 0.6 is 0 Å². The summed E-state index contributed by atoms with van der Waals surface area (Å²) >= 11 is 0. The van der Waals surface area contributed by atoms with Gasteiger partial charge in [0, 0.05) is 6.04 Å². The van der Waals surface area contributed by atoms with E-state index in [4.69, 9.17) is 0 Å². The molecule has 0 spiro atoms. The number of rotatable bonds is 5. The SMILES string of the molecule is CN(C)CCCNC1CCC1F. The van der Waals surface area contributed by atoms with Gasteiger partial charge in [-0.15, -0.1) is 0 Å². The van der Waals surface area contributed by atoms with Crippen LogP contribution < -0.4 is 5.32 Å². The lowest BCUT2D eigenvalue weighted by molar-refractivity contribution is 0.142. The monoisotopic (exact) mass is 174 g/mol. The summed E-state index contributed by atoms with van der Waals surface area (Å²) in [6.45, 7) is 2.03. The van der Waals surface area contributed by atoms with Gasteiger partial charge in [0.25, 0.3) is 0 Å². The van der Waals surface area contributed by atoms with E-state index in [1.807, 2.05) is 0 Å². The normalized spacial score (nSPS) is 29.0. The largest absolute Gasteiger partial charge is 0.311 e. The van der Waals surface area contributed by atoms with E-state index in [9.17, 15) is 4.39 Å². The average molecular weight is 174 g/mol. The van der Waals surface area contributed by atoms with Crippen LogP contribution in [-0.2, 0) is 0 Å². The smallest absolute Gasteiger partial charge is 0.115 e. The van der Waals surface area contributed by atoms with Crippen LogP contribution in [0.15, 0.2) is 0 Å². The molecule has 0 saturated heterocycles. The molecular weight excluding hydrogens is 155 g/mol. The molecule has 1 N–H and O–H groups in total. The van der Waals surface area contributed by atoms with E-state index in [1.54, 1.807) is 0 Å². The first-order chi connectivity index (χ1) is 5.70. The van der Waals surface area contributed by atoms with Gasteiger partial charge >= 0.3 is 0 Å². The number of nitrogens with zero attached hydrogens (tertiary/aromatic N) is 1. The predicted octanol–water partition coefficient (Wildman–Crippen LogP) is 1.03. The van der Waals surface area contributed by atoms with Crippen LogP contribution in [0.2, 0.25) is 0 Å². The summed E-state index contributed by atoms with van der Waals surface area (Å²) in [4.78, 5) is 2.15. The number of halogens is 1. The third-order valence-electron chi connectivity index (χ3n) is 2.38. The molecule has 1 saturated carbocycles. The molecule has 2 unspecified atom stereocenters. The van der Waals surface area contributed by atoms with Crippen LogP contribution in [0.5, 0.6) is 0 Å². The third-order valence-corrected chi connectivity index (χ3v) is 2.38. The molecular formula is C9H19FN2. The summed E-state index contributed by atoms with van der Waals surface area (Å²) < 4.78 is 12.7. The first kappa shape index (κ1) is 9.93. The highest BCUT2D eigenvalue weighted by Gasteiger charge is 2.29. The minimum atomic E-state index is -0.579. The molecule has 72 valence electrons. The molecule has 1 rings (SSSR count). The second-order valence-corrected chi connectivity index (χ2v) is 3.81. The van der Waals surface area contributed by atoms with Crippen molar-refractivity contribution >= 4 is 0 Å². The van der Waals surface area contributed by atoms with E-state index in [0.29, 0.717) is 0 Å². The van der Waals surface area contributed by atoms with Crippen molar-refractivity contribution in [2.24, 2.45) is 0 Å². The Hall–Kier alpha value is -0.150. The van der Waals surface area contributed by atoms with Gasteiger partial charge in [0.2, 0.25) is 0 Å². The van der Waals surface area contributed by atoms with Crippen LogP contribution in [0.4, 0.5) is 4.39 Å². The quantitative estimate of drug-likeness (QED) is 0.626. The second-order valence-electron chi connectivity index (χ2n) is 3.81. The second kappa shape index (κ2) is 4.77. The fourth-order valence-electron chi connectivity index (χ4n) is 1.37. The number of nitrogens with one attached hydrogen (secondary N) is 1. The molecule has 3 heteroatoms. The van der Waals surface area contributed by atoms with Gasteiger partial charge in [-0.2, -0.15) is 0 Å². The minimum absolute atomic E-state index is 0.159. The Balaban J connectivity index is 1.89. The van der Waals surface area contributed by atoms with Gasteiger partial charge < -0.3 is 10.2 Å². The molecule has 0 aromatic heterocycles. The summed E-state index contributed by atoms with van der Waals surface area (Å²) in [6, 6.07) is 0.159. The Labute approximate surface area is 74.1 Å². The van der Waals surface area contributed by atoms with Gasteiger partial charge in [0.1, 0.15) is 6.17 Å². The molecule has 12 heavy (non-hydrogen) atoms. The van der Waals surface area contributed by atoms with E-state index >= 15 is 0 Å². The van der Waals surface area contributed by atoms with Crippen LogP contribution in [0.3, 0.4) is 0 Å². The van der Waals surface area contributed by atoms with Crippen LogP contribution in [-0.4, -0.2) is 44.3 Å². The Kier molecular flexibility index (Phi) is 3.95. The molecule has 0 bridgehead atoms. The van der Waals surface area contributed by atoms with Crippen LogP contribution in [0.25, 0.3) is 0 Å². The minimum Gasteiger partial charge on any atom is -0.311 e. The number of alkyl halides is 1. The van der Waals surface area contributed by atoms with Crippen molar-refractivity contribution in [3.05, 3.63) is 0 Å². The highest BCUT2D eigenvalue weighted by molar-refractivity contribution is 4.86. The maximum Gasteiger partial charge on any atom is 0.115 e. The van der Waals surface area contributed by atoms with E-state index in [1.165, 1.54) is 0 Å². The van der Waals surface area contributed by atoms with Gasteiger partial charge in [-0.1, -0.05) is 0 Å². The molecule has 0 aromatic rings. The summed E-state index contributed by atoms with van der Waals surface area (Å²) in [5.74, 6) is 0. The first-order valence-corrected chi connectivity index (χ1v) is 4.72.